The number of furan rings is 1. The lowest BCUT2D eigenvalue weighted by Gasteiger charge is -1.98. The zero-order chi connectivity index (χ0) is 12.3. The van der Waals surface area contributed by atoms with Gasteiger partial charge < -0.3 is 4.42 Å². The van der Waals surface area contributed by atoms with E-state index in [1.165, 1.54) is 62.9 Å². The van der Waals surface area contributed by atoms with E-state index in [0.29, 0.717) is 0 Å². The second-order valence-electron chi connectivity index (χ2n) is 4.99. The first-order valence-corrected chi connectivity index (χ1v) is 7.44. The van der Waals surface area contributed by atoms with Gasteiger partial charge in [0.25, 0.3) is 0 Å². The third kappa shape index (κ3) is 6.55. The number of hydrogen-bond acceptors (Lipinski definition) is 1. The summed E-state index contributed by atoms with van der Waals surface area (Å²) in [7, 11) is 0. The van der Waals surface area contributed by atoms with Gasteiger partial charge in [-0.1, -0.05) is 52.4 Å². The lowest BCUT2D eigenvalue weighted by Crippen LogP contribution is -1.84. The molecule has 0 amide bonds. The predicted molar refractivity (Wildman–Crippen MR) is 74.4 cm³/mol. The van der Waals surface area contributed by atoms with Crippen LogP contribution in [-0.4, -0.2) is 0 Å². The molecule has 0 spiro atoms. The number of aryl methyl sites for hydroxylation is 2. The Bertz CT molecular complexity index is 248. The molecule has 1 nitrogen and oxygen atoms in total. The van der Waals surface area contributed by atoms with Gasteiger partial charge in [-0.15, -0.1) is 0 Å². The Kier molecular flexibility index (Phi) is 7.87. The van der Waals surface area contributed by atoms with Gasteiger partial charge in [0, 0.05) is 12.8 Å². The number of hydrogen-bond donors (Lipinski definition) is 0. The average molecular weight is 236 g/mol. The van der Waals surface area contributed by atoms with Crippen molar-refractivity contribution in [3.8, 4) is 0 Å². The van der Waals surface area contributed by atoms with Gasteiger partial charge in [0.1, 0.15) is 11.5 Å². The first-order chi connectivity index (χ1) is 8.36. The van der Waals surface area contributed by atoms with E-state index in [9.17, 15) is 0 Å². The molecule has 0 aliphatic carbocycles. The molecular formula is C16H28O. The Morgan fingerprint density at radius 1 is 0.706 bits per heavy atom. The fourth-order valence-corrected chi connectivity index (χ4v) is 2.14. The van der Waals surface area contributed by atoms with Crippen molar-refractivity contribution in [1.29, 1.82) is 0 Å². The molecule has 1 aromatic rings. The van der Waals surface area contributed by atoms with Crippen LogP contribution in [0.5, 0.6) is 0 Å². The van der Waals surface area contributed by atoms with E-state index in [-0.39, 0.29) is 0 Å². The summed E-state index contributed by atoms with van der Waals surface area (Å²) >= 11 is 0. The molecule has 0 aliphatic rings. The van der Waals surface area contributed by atoms with E-state index >= 15 is 0 Å². The van der Waals surface area contributed by atoms with Crippen molar-refractivity contribution in [1.82, 2.24) is 0 Å². The molecule has 0 aliphatic heterocycles. The third-order valence-corrected chi connectivity index (χ3v) is 3.27. The predicted octanol–water partition coefficient (Wildman–Crippen LogP) is 5.53. The first-order valence-electron chi connectivity index (χ1n) is 7.44. The van der Waals surface area contributed by atoms with Crippen molar-refractivity contribution < 1.29 is 4.42 Å². The van der Waals surface area contributed by atoms with E-state index in [2.05, 4.69) is 26.0 Å². The van der Waals surface area contributed by atoms with E-state index in [0.717, 1.165) is 12.8 Å². The van der Waals surface area contributed by atoms with Crippen molar-refractivity contribution in [2.24, 2.45) is 0 Å². The van der Waals surface area contributed by atoms with Crippen LogP contribution in [-0.2, 0) is 12.8 Å². The van der Waals surface area contributed by atoms with Crippen molar-refractivity contribution >= 4 is 0 Å². The Morgan fingerprint density at radius 3 is 1.59 bits per heavy atom. The normalized spacial score (nSPS) is 10.9. The topological polar surface area (TPSA) is 13.1 Å². The molecule has 0 N–H and O–H groups in total. The van der Waals surface area contributed by atoms with Crippen LogP contribution in [0.4, 0.5) is 0 Å². The second kappa shape index (κ2) is 9.32. The highest BCUT2D eigenvalue weighted by Gasteiger charge is 2.01. The Morgan fingerprint density at radius 2 is 1.18 bits per heavy atom. The van der Waals surface area contributed by atoms with E-state index in [1.807, 2.05) is 0 Å². The summed E-state index contributed by atoms with van der Waals surface area (Å²) in [5, 5.41) is 0. The third-order valence-electron chi connectivity index (χ3n) is 3.27. The maximum Gasteiger partial charge on any atom is 0.104 e. The molecular weight excluding hydrogens is 208 g/mol. The summed E-state index contributed by atoms with van der Waals surface area (Å²) < 4.78 is 5.84. The highest BCUT2D eigenvalue weighted by molar-refractivity contribution is 5.07. The van der Waals surface area contributed by atoms with Crippen LogP contribution in [0.1, 0.15) is 76.7 Å². The summed E-state index contributed by atoms with van der Waals surface area (Å²) in [6.45, 7) is 4.50. The fraction of sp³-hybridized carbons (Fsp3) is 0.750. The highest BCUT2D eigenvalue weighted by atomic mass is 16.3. The summed E-state index contributed by atoms with van der Waals surface area (Å²) in [6.07, 6.45) is 12.8. The van der Waals surface area contributed by atoms with Crippen molar-refractivity contribution in [3.63, 3.8) is 0 Å². The van der Waals surface area contributed by atoms with Gasteiger partial charge in [0.2, 0.25) is 0 Å². The molecule has 0 saturated carbocycles. The summed E-state index contributed by atoms with van der Waals surface area (Å²) in [5.74, 6) is 2.37. The number of rotatable bonds is 10. The molecule has 17 heavy (non-hydrogen) atoms. The lowest BCUT2D eigenvalue weighted by atomic mass is 10.1. The molecule has 0 bridgehead atoms. The monoisotopic (exact) mass is 236 g/mol. The Hall–Kier alpha value is -0.720. The molecule has 0 saturated heterocycles. The van der Waals surface area contributed by atoms with E-state index in [4.69, 9.17) is 4.42 Å². The molecule has 0 unspecified atom stereocenters. The van der Waals surface area contributed by atoms with Crippen LogP contribution in [0.2, 0.25) is 0 Å². The standard InChI is InChI=1S/C16H28O/c1-3-5-7-9-11-15-13-14-16(17-15)12-10-8-6-4-2/h13-14H,3-12H2,1-2H3. The van der Waals surface area contributed by atoms with Gasteiger partial charge in [-0.05, 0) is 25.0 Å². The minimum Gasteiger partial charge on any atom is -0.466 e. The molecule has 98 valence electrons. The zero-order valence-electron chi connectivity index (χ0n) is 11.6. The molecule has 0 fully saturated rings. The molecule has 0 atom stereocenters. The van der Waals surface area contributed by atoms with E-state index < -0.39 is 0 Å². The van der Waals surface area contributed by atoms with Crippen LogP contribution in [0.15, 0.2) is 16.5 Å². The summed E-state index contributed by atoms with van der Waals surface area (Å²) in [4.78, 5) is 0. The van der Waals surface area contributed by atoms with Crippen molar-refractivity contribution in [3.05, 3.63) is 23.7 Å². The summed E-state index contributed by atoms with van der Waals surface area (Å²) in [5.41, 5.74) is 0. The molecule has 1 aromatic heterocycles. The van der Waals surface area contributed by atoms with Crippen LogP contribution in [0.25, 0.3) is 0 Å². The molecule has 1 heterocycles. The largest absolute Gasteiger partial charge is 0.466 e. The maximum absolute atomic E-state index is 5.84. The first kappa shape index (κ1) is 14.3. The second-order valence-corrected chi connectivity index (χ2v) is 4.99. The van der Waals surface area contributed by atoms with Crippen LogP contribution < -0.4 is 0 Å². The van der Waals surface area contributed by atoms with Gasteiger partial charge in [-0.2, -0.15) is 0 Å². The van der Waals surface area contributed by atoms with Crippen LogP contribution in [0, 0.1) is 0 Å². The highest BCUT2D eigenvalue weighted by Crippen LogP contribution is 2.14. The Labute approximate surface area is 107 Å². The minimum absolute atomic E-state index is 1.12. The van der Waals surface area contributed by atoms with Crippen molar-refractivity contribution in [2.45, 2.75) is 78.1 Å². The maximum atomic E-state index is 5.84. The summed E-state index contributed by atoms with van der Waals surface area (Å²) in [6, 6.07) is 4.34. The van der Waals surface area contributed by atoms with Gasteiger partial charge in [0.15, 0.2) is 0 Å². The van der Waals surface area contributed by atoms with Gasteiger partial charge in [-0.3, -0.25) is 0 Å². The van der Waals surface area contributed by atoms with Gasteiger partial charge in [0.05, 0.1) is 0 Å². The van der Waals surface area contributed by atoms with Gasteiger partial charge >= 0.3 is 0 Å². The SMILES string of the molecule is CCCCCCc1ccc(CCCCCC)o1. The number of unbranched alkanes of at least 4 members (excludes halogenated alkanes) is 6. The minimum atomic E-state index is 1.12. The zero-order valence-corrected chi connectivity index (χ0v) is 11.6. The van der Waals surface area contributed by atoms with Crippen LogP contribution in [0.3, 0.4) is 0 Å². The molecule has 0 radical (unpaired) electrons. The molecule has 1 rings (SSSR count). The fourth-order valence-electron chi connectivity index (χ4n) is 2.14. The lowest BCUT2D eigenvalue weighted by molar-refractivity contribution is 0.447. The smallest absolute Gasteiger partial charge is 0.104 e. The van der Waals surface area contributed by atoms with Gasteiger partial charge in [-0.25, -0.2) is 0 Å². The quantitative estimate of drug-likeness (QED) is 0.487. The average Bonchev–Trinajstić information content (AvgIpc) is 2.78. The van der Waals surface area contributed by atoms with Crippen LogP contribution >= 0.6 is 0 Å². The molecule has 1 heteroatoms. The molecule has 0 aromatic carbocycles. The van der Waals surface area contributed by atoms with Crippen molar-refractivity contribution in [2.75, 3.05) is 0 Å². The van der Waals surface area contributed by atoms with E-state index in [1.54, 1.807) is 0 Å². The Balaban J connectivity index is 2.14.